The lowest BCUT2D eigenvalue weighted by atomic mass is 10.2. The van der Waals surface area contributed by atoms with Crippen LogP contribution < -0.4 is 0 Å². The van der Waals surface area contributed by atoms with Crippen molar-refractivity contribution in [3.05, 3.63) is 35.9 Å². The molecule has 0 aliphatic carbocycles. The molecule has 1 aromatic rings. The maximum absolute atomic E-state index is 12.0. The second-order valence-corrected chi connectivity index (χ2v) is 1.75. The third kappa shape index (κ3) is 1.50. The third-order valence-electron chi connectivity index (χ3n) is 1.07. The molecule has 1 aromatic carbocycles. The van der Waals surface area contributed by atoms with E-state index in [-0.39, 0.29) is 0 Å². The highest BCUT2D eigenvalue weighted by Crippen LogP contribution is 2.11. The normalized spacial score (nSPS) is 13.1. The molecule has 0 heterocycles. The molecule has 0 aliphatic heterocycles. The van der Waals surface area contributed by atoms with Crippen molar-refractivity contribution in [2.45, 2.75) is 6.36 Å². The van der Waals surface area contributed by atoms with E-state index in [1.54, 1.807) is 18.2 Å². The molecule has 1 N–H and O–H groups in total. The first kappa shape index (κ1) is 6.23. The van der Waals surface area contributed by atoms with Crippen LogP contribution in [0.5, 0.6) is 0 Å². The number of benzene rings is 1. The van der Waals surface area contributed by atoms with E-state index >= 15 is 0 Å². The summed E-state index contributed by atoms with van der Waals surface area (Å²) in [5.41, 5.74) is 0.303. The average Bonchev–Trinajstić information content (AvgIpc) is 1.90. The largest absolute Gasteiger partial charge is 0.360 e. The van der Waals surface area contributed by atoms with Gasteiger partial charge in [-0.05, 0) is 0 Å². The predicted octanol–water partition coefficient (Wildman–Crippen LogP) is 1.65. The fourth-order valence-corrected chi connectivity index (χ4v) is 0.612. The molecule has 0 unspecified atom stereocenters. The van der Waals surface area contributed by atoms with Crippen LogP contribution in [-0.2, 0) is 0 Å². The molecule has 0 aromatic heterocycles. The molecule has 1 rings (SSSR count). The highest BCUT2D eigenvalue weighted by atomic mass is 19.1. The van der Waals surface area contributed by atoms with Crippen molar-refractivity contribution in [3.8, 4) is 0 Å². The van der Waals surface area contributed by atoms with Crippen molar-refractivity contribution < 1.29 is 9.50 Å². The number of hydrogen-bond donors (Lipinski definition) is 1. The zero-order valence-corrected chi connectivity index (χ0v) is 4.79. The lowest BCUT2D eigenvalue weighted by Gasteiger charge is -1.97. The highest BCUT2D eigenvalue weighted by molar-refractivity contribution is 5.15. The number of halogens is 1. The zero-order chi connectivity index (χ0) is 6.69. The van der Waals surface area contributed by atoms with E-state index in [9.17, 15) is 4.39 Å². The van der Waals surface area contributed by atoms with E-state index in [1.807, 2.05) is 0 Å². The van der Waals surface area contributed by atoms with Crippen LogP contribution in [0.4, 0.5) is 4.39 Å². The maximum Gasteiger partial charge on any atom is 0.222 e. The highest BCUT2D eigenvalue weighted by Gasteiger charge is 1.99. The fraction of sp³-hybridized carbons (Fsp3) is 0.143. The summed E-state index contributed by atoms with van der Waals surface area (Å²) in [4.78, 5) is 0. The first-order chi connectivity index (χ1) is 4.30. The summed E-state index contributed by atoms with van der Waals surface area (Å²) in [6.45, 7) is 0. The van der Waals surface area contributed by atoms with Crippen molar-refractivity contribution in [3.63, 3.8) is 0 Å². The number of alkyl halides is 1. The van der Waals surface area contributed by atoms with Crippen LogP contribution in [0.3, 0.4) is 0 Å². The van der Waals surface area contributed by atoms with Crippen molar-refractivity contribution in [2.24, 2.45) is 0 Å². The summed E-state index contributed by atoms with van der Waals surface area (Å²) in [7, 11) is 0. The van der Waals surface area contributed by atoms with Gasteiger partial charge in [0.1, 0.15) is 0 Å². The molecule has 0 fully saturated rings. The van der Waals surface area contributed by atoms with Gasteiger partial charge in [-0.25, -0.2) is 4.39 Å². The van der Waals surface area contributed by atoms with Crippen LogP contribution in [0.2, 0.25) is 0 Å². The molecule has 0 bridgehead atoms. The maximum atomic E-state index is 12.0. The number of hydrogen-bond acceptors (Lipinski definition) is 1. The van der Waals surface area contributed by atoms with Crippen molar-refractivity contribution in [1.29, 1.82) is 0 Å². The minimum atomic E-state index is -1.84. The topological polar surface area (TPSA) is 20.2 Å². The van der Waals surface area contributed by atoms with Crippen LogP contribution in [0.25, 0.3) is 0 Å². The quantitative estimate of drug-likeness (QED) is 0.606. The Kier molecular flexibility index (Phi) is 1.80. The molecule has 0 saturated carbocycles. The summed E-state index contributed by atoms with van der Waals surface area (Å²) in [6, 6.07) is 8.19. The molecular weight excluding hydrogens is 119 g/mol. The smallest absolute Gasteiger partial charge is 0.222 e. The summed E-state index contributed by atoms with van der Waals surface area (Å²) in [5.74, 6) is 0. The van der Waals surface area contributed by atoms with Crippen molar-refractivity contribution in [2.75, 3.05) is 0 Å². The van der Waals surface area contributed by atoms with E-state index in [1.165, 1.54) is 12.1 Å². The summed E-state index contributed by atoms with van der Waals surface area (Å²) in [5, 5.41) is 8.36. The van der Waals surface area contributed by atoms with Gasteiger partial charge in [0.05, 0.1) is 0 Å². The van der Waals surface area contributed by atoms with Gasteiger partial charge in [-0.15, -0.1) is 0 Å². The Hall–Kier alpha value is -0.890. The Morgan fingerprint density at radius 2 is 1.78 bits per heavy atom. The van der Waals surface area contributed by atoms with E-state index in [0.717, 1.165) is 0 Å². The minimum Gasteiger partial charge on any atom is -0.360 e. The summed E-state index contributed by atoms with van der Waals surface area (Å²) < 4.78 is 12.0. The molecule has 0 radical (unpaired) electrons. The molecule has 9 heavy (non-hydrogen) atoms. The van der Waals surface area contributed by atoms with Crippen LogP contribution in [-0.4, -0.2) is 5.11 Å². The summed E-state index contributed by atoms with van der Waals surface area (Å²) in [6.07, 6.45) is -1.84. The van der Waals surface area contributed by atoms with Gasteiger partial charge in [-0.1, -0.05) is 30.3 Å². The van der Waals surface area contributed by atoms with Gasteiger partial charge in [-0.2, -0.15) is 0 Å². The zero-order valence-electron chi connectivity index (χ0n) is 4.79. The van der Waals surface area contributed by atoms with Crippen molar-refractivity contribution in [1.82, 2.24) is 0 Å². The molecule has 0 aliphatic rings. The van der Waals surface area contributed by atoms with Crippen molar-refractivity contribution >= 4 is 0 Å². The lowest BCUT2D eigenvalue weighted by Crippen LogP contribution is -1.85. The number of aliphatic hydroxyl groups is 1. The Labute approximate surface area is 52.8 Å². The van der Waals surface area contributed by atoms with E-state index < -0.39 is 6.36 Å². The third-order valence-corrected chi connectivity index (χ3v) is 1.07. The fourth-order valence-electron chi connectivity index (χ4n) is 0.612. The standard InChI is InChI=1S/C7H7FO/c8-7(9)6-4-2-1-3-5-6/h1-5,7,9H/t7-/m0/s1. The minimum absolute atomic E-state index is 0.303. The SMILES string of the molecule is O[C@H](F)c1ccccc1. The van der Waals surface area contributed by atoms with Crippen LogP contribution in [0.1, 0.15) is 11.9 Å². The first-order valence-electron chi connectivity index (χ1n) is 2.68. The summed E-state index contributed by atoms with van der Waals surface area (Å²) >= 11 is 0. The molecule has 48 valence electrons. The van der Waals surface area contributed by atoms with Gasteiger partial charge in [0, 0.05) is 5.56 Å². The van der Waals surface area contributed by atoms with Gasteiger partial charge in [0.25, 0.3) is 0 Å². The molecule has 0 amide bonds. The van der Waals surface area contributed by atoms with Crippen LogP contribution in [0.15, 0.2) is 30.3 Å². The van der Waals surface area contributed by atoms with Crippen LogP contribution in [0, 0.1) is 0 Å². The molecule has 0 spiro atoms. The van der Waals surface area contributed by atoms with Gasteiger partial charge in [-0.3, -0.25) is 0 Å². The Morgan fingerprint density at radius 1 is 1.22 bits per heavy atom. The Morgan fingerprint density at radius 3 is 2.11 bits per heavy atom. The van der Waals surface area contributed by atoms with Gasteiger partial charge >= 0.3 is 0 Å². The molecule has 1 nitrogen and oxygen atoms in total. The average molecular weight is 126 g/mol. The monoisotopic (exact) mass is 126 g/mol. The lowest BCUT2D eigenvalue weighted by molar-refractivity contribution is 0.0411. The van der Waals surface area contributed by atoms with E-state index in [0.29, 0.717) is 5.56 Å². The molecule has 0 saturated heterocycles. The van der Waals surface area contributed by atoms with E-state index in [2.05, 4.69) is 0 Å². The Balaban J connectivity index is 2.85. The number of rotatable bonds is 1. The first-order valence-corrected chi connectivity index (χ1v) is 2.68. The van der Waals surface area contributed by atoms with Gasteiger partial charge < -0.3 is 5.11 Å². The molecule has 1 atom stereocenters. The predicted molar refractivity (Wildman–Crippen MR) is 32.5 cm³/mol. The second-order valence-electron chi connectivity index (χ2n) is 1.75. The van der Waals surface area contributed by atoms with Crippen LogP contribution >= 0.6 is 0 Å². The molecule has 2 heteroatoms. The molecular formula is C7H7FO. The number of aliphatic hydroxyl groups excluding tert-OH is 1. The van der Waals surface area contributed by atoms with E-state index in [4.69, 9.17) is 5.11 Å². The van der Waals surface area contributed by atoms with Gasteiger partial charge in [0.15, 0.2) is 0 Å². The Bertz CT molecular complexity index is 172. The second kappa shape index (κ2) is 2.60. The van der Waals surface area contributed by atoms with Gasteiger partial charge in [0.2, 0.25) is 6.36 Å².